The number of phosphoric acid groups is 1. The second-order valence-electron chi connectivity index (χ2n) is 23.0. The third kappa shape index (κ3) is 56.6. The van der Waals surface area contributed by atoms with Gasteiger partial charge in [0.05, 0.1) is 105 Å². The first-order valence-electron chi connectivity index (χ1n) is 33.1. The summed E-state index contributed by atoms with van der Waals surface area (Å²) < 4.78 is 14.2. The van der Waals surface area contributed by atoms with E-state index in [0.29, 0.717) is 0 Å². The number of unbranched alkanes of at least 4 members (excludes halogenated alkanes) is 16. The Bertz CT molecular complexity index is 776. The van der Waals surface area contributed by atoms with Gasteiger partial charge in [0.2, 0.25) is 0 Å². The van der Waals surface area contributed by atoms with Crippen LogP contribution in [0, 0.1) is 0 Å². The van der Waals surface area contributed by atoms with Crippen LogP contribution in [-0.2, 0) is 4.57 Å². The van der Waals surface area contributed by atoms with Crippen LogP contribution in [-0.4, -0.2) is 128 Å². The molecule has 0 saturated heterocycles. The molecule has 0 aromatic carbocycles. The second-order valence-corrected chi connectivity index (χ2v) is 23.9. The maximum absolute atomic E-state index is 8.55. The van der Waals surface area contributed by atoms with Gasteiger partial charge in [-0.25, -0.2) is 0 Å². The molecule has 1 N–H and O–H groups in total. The van der Waals surface area contributed by atoms with Crippen molar-refractivity contribution in [3.05, 3.63) is 0 Å². The van der Waals surface area contributed by atoms with Gasteiger partial charge in [-0.3, -0.25) is 0 Å². The fourth-order valence-corrected chi connectivity index (χ4v) is 10.6. The second kappa shape index (κ2) is 62.1. The Morgan fingerprint density at radius 3 is 0.297 bits per heavy atom. The molecule has 0 aromatic heterocycles. The summed E-state index contributed by atoms with van der Waals surface area (Å²) in [4.78, 5) is 25.6. The molecular weight excluding hydrogens is 936 g/mol. The first-order chi connectivity index (χ1) is 35.0. The predicted octanol–water partition coefficient (Wildman–Crippen LogP) is 17.0. The Morgan fingerprint density at radius 2 is 0.257 bits per heavy atom. The molecule has 456 valence electrons. The van der Waals surface area contributed by atoms with Gasteiger partial charge >= 0.3 is 0 Å². The van der Waals surface area contributed by atoms with Gasteiger partial charge in [0, 0.05) is 0 Å². The summed E-state index contributed by atoms with van der Waals surface area (Å²) in [5, 5.41) is 0. The molecule has 0 bridgehead atoms. The quantitative estimate of drug-likeness (QED) is 0.0444. The van der Waals surface area contributed by atoms with E-state index in [1.165, 1.54) is 328 Å². The first kappa shape index (κ1) is 85.2. The van der Waals surface area contributed by atoms with E-state index in [4.69, 9.17) is 19.2 Å². The topological polar surface area (TPSA) is 116 Å². The monoisotopic (exact) mass is 1080 g/mol. The SMILES string of the molecule is CCCC[N+](CCCC)(CCCC)CCCC.CCCC[N+](CCCC)(CCCC)CCCC.CCCC[N+](CCCC)(CCCC)CCCC.CCCC[N+](CCCC)(CCCC)CCCC.O=P([O-])([O-])[O-].[OH-]. The van der Waals surface area contributed by atoms with Crippen LogP contribution in [0.1, 0.15) is 316 Å². The lowest BCUT2D eigenvalue weighted by molar-refractivity contribution is -0.929. The predicted molar refractivity (Wildman–Crippen MR) is 327 cm³/mol. The van der Waals surface area contributed by atoms with E-state index < -0.39 is 7.82 Å². The molecule has 74 heavy (non-hydrogen) atoms. The largest absolute Gasteiger partial charge is 0.870 e. The van der Waals surface area contributed by atoms with Crippen LogP contribution < -0.4 is 14.7 Å². The highest BCUT2D eigenvalue weighted by molar-refractivity contribution is 7.40. The smallest absolute Gasteiger partial charge is 0.0786 e. The summed E-state index contributed by atoms with van der Waals surface area (Å²) in [6.07, 6.45) is 44.2. The van der Waals surface area contributed by atoms with E-state index in [2.05, 4.69) is 111 Å². The Balaban J connectivity index is -0.000000201. The van der Waals surface area contributed by atoms with Crippen molar-refractivity contribution in [1.82, 2.24) is 0 Å². The lowest BCUT2D eigenvalue weighted by atomic mass is 10.1. The summed E-state index contributed by atoms with van der Waals surface area (Å²) in [6, 6.07) is 0. The zero-order valence-corrected chi connectivity index (χ0v) is 55.2. The highest BCUT2D eigenvalue weighted by Crippen LogP contribution is 2.20. The van der Waals surface area contributed by atoms with Gasteiger partial charge in [0.15, 0.2) is 0 Å². The highest BCUT2D eigenvalue weighted by Gasteiger charge is 2.28. The summed E-state index contributed by atoms with van der Waals surface area (Å²) in [5.74, 6) is 0. The first-order valence-corrected chi connectivity index (χ1v) is 34.6. The molecule has 0 unspecified atom stereocenters. The zero-order chi connectivity index (χ0) is 56.4. The molecule has 0 heterocycles. The van der Waals surface area contributed by atoms with Crippen LogP contribution in [0.15, 0.2) is 0 Å². The minimum absolute atomic E-state index is 0. The fraction of sp³-hybridized carbons (Fsp3) is 1.00. The average Bonchev–Trinajstić information content (AvgIpc) is 3.39. The van der Waals surface area contributed by atoms with E-state index >= 15 is 0 Å². The van der Waals surface area contributed by atoms with Gasteiger partial charge in [-0.2, -0.15) is 7.82 Å². The van der Waals surface area contributed by atoms with Crippen LogP contribution in [0.2, 0.25) is 0 Å². The Hall–Kier alpha value is -0.0900. The number of quaternary nitrogens is 4. The number of rotatable bonds is 48. The van der Waals surface area contributed by atoms with Crippen molar-refractivity contribution in [2.75, 3.05) is 105 Å². The maximum Gasteiger partial charge on any atom is 0.0786 e. The minimum Gasteiger partial charge on any atom is -0.870 e. The summed E-state index contributed by atoms with van der Waals surface area (Å²) in [6.45, 7) is 60.1. The van der Waals surface area contributed by atoms with Crippen molar-refractivity contribution >= 4 is 7.82 Å². The normalized spacial score (nSPS) is 11.8. The minimum atomic E-state index is -5.39. The standard InChI is InChI=1S/4C16H36N.H3O4P.H2O/c4*1-5-9-13-17(14-10-6-2,15-11-7-3)16-12-8-4;1-5(2,3)4;/h4*5-16H2,1-4H3;(H3,1,2,3,4);1H2/q4*+1;;/p-4. The van der Waals surface area contributed by atoms with Crippen molar-refractivity contribution in [1.29, 1.82) is 0 Å². The summed E-state index contributed by atoms with van der Waals surface area (Å²) in [7, 11) is -5.39. The van der Waals surface area contributed by atoms with E-state index in [0.717, 1.165) is 0 Å². The third-order valence-electron chi connectivity index (χ3n) is 15.8. The van der Waals surface area contributed by atoms with E-state index in [1.54, 1.807) is 0 Å². The molecule has 10 heteroatoms. The van der Waals surface area contributed by atoms with Crippen molar-refractivity contribution < 1.29 is 42.7 Å². The van der Waals surface area contributed by atoms with Crippen molar-refractivity contribution in [3.63, 3.8) is 0 Å². The van der Waals surface area contributed by atoms with Crippen LogP contribution in [0.3, 0.4) is 0 Å². The molecule has 0 atom stereocenters. The molecule has 0 amide bonds. The molecule has 0 radical (unpaired) electrons. The molecule has 0 rings (SSSR count). The van der Waals surface area contributed by atoms with Crippen molar-refractivity contribution in [2.45, 2.75) is 316 Å². The molecule has 0 aromatic rings. The van der Waals surface area contributed by atoms with Crippen LogP contribution >= 0.6 is 7.82 Å². The van der Waals surface area contributed by atoms with Crippen LogP contribution in [0.5, 0.6) is 0 Å². The van der Waals surface area contributed by atoms with Gasteiger partial charge in [-0.05, 0) is 103 Å². The van der Waals surface area contributed by atoms with Gasteiger partial charge in [-0.1, -0.05) is 214 Å². The van der Waals surface area contributed by atoms with Crippen LogP contribution in [0.25, 0.3) is 0 Å². The molecule has 9 nitrogen and oxygen atoms in total. The lowest BCUT2D eigenvalue weighted by Crippen LogP contribution is -2.50. The number of hydrogen-bond acceptors (Lipinski definition) is 5. The third-order valence-corrected chi connectivity index (χ3v) is 15.8. The lowest BCUT2D eigenvalue weighted by Gasteiger charge is -2.39. The maximum atomic E-state index is 8.55. The molecule has 0 aliphatic heterocycles. The number of hydrogen-bond donors (Lipinski definition) is 0. The van der Waals surface area contributed by atoms with Crippen molar-refractivity contribution in [2.24, 2.45) is 0 Å². The van der Waals surface area contributed by atoms with Crippen LogP contribution in [0.4, 0.5) is 0 Å². The van der Waals surface area contributed by atoms with E-state index in [-0.39, 0.29) is 5.48 Å². The van der Waals surface area contributed by atoms with E-state index in [9.17, 15) is 0 Å². The average molecular weight is 1080 g/mol. The molecule has 0 spiro atoms. The van der Waals surface area contributed by atoms with E-state index in [1.807, 2.05) is 0 Å². The summed E-state index contributed by atoms with van der Waals surface area (Å²) in [5.41, 5.74) is 0. The molecular formula is C64H145N4O5P. The number of nitrogens with zero attached hydrogens (tertiary/aromatic N) is 4. The molecule has 0 aliphatic carbocycles. The summed E-state index contributed by atoms with van der Waals surface area (Å²) >= 11 is 0. The van der Waals surface area contributed by atoms with Gasteiger partial charge < -0.3 is 42.7 Å². The Kier molecular flexibility index (Phi) is 71.5. The Morgan fingerprint density at radius 1 is 0.203 bits per heavy atom. The Labute approximate surface area is 469 Å². The highest BCUT2D eigenvalue weighted by atomic mass is 31.2. The molecule has 0 fully saturated rings. The van der Waals surface area contributed by atoms with Gasteiger partial charge in [0.25, 0.3) is 0 Å². The van der Waals surface area contributed by atoms with Crippen molar-refractivity contribution in [3.8, 4) is 0 Å². The molecule has 0 aliphatic rings. The molecule has 0 saturated carbocycles. The fourth-order valence-electron chi connectivity index (χ4n) is 10.6. The van der Waals surface area contributed by atoms with Gasteiger partial charge in [-0.15, -0.1) is 0 Å². The zero-order valence-electron chi connectivity index (χ0n) is 54.3. The van der Waals surface area contributed by atoms with Gasteiger partial charge in [0.1, 0.15) is 0 Å².